The average molecular weight is 336 g/mol. The van der Waals surface area contributed by atoms with E-state index in [1.165, 1.54) is 14.2 Å². The van der Waals surface area contributed by atoms with Crippen LogP contribution in [-0.2, 0) is 29.4 Å². The molecule has 0 fully saturated rings. The smallest absolute Gasteiger partial charge is 0.338 e. The van der Waals surface area contributed by atoms with Crippen molar-refractivity contribution in [3.8, 4) is 0 Å². The molecule has 0 unspecified atom stereocenters. The Bertz CT molecular complexity index is 899. The fraction of sp³-hybridized carbons (Fsp3) is 0.200. The fourth-order valence-corrected chi connectivity index (χ4v) is 3.79. The SMILES string of the molecule is COC(=O)C1=C(C(=O)OC)[C@@]2(c3ccccc3)O[C@@H]1c1ccccc12. The lowest BCUT2D eigenvalue weighted by molar-refractivity contribution is -0.139. The number of fused-ring (bicyclic) bond motifs is 5. The second kappa shape index (κ2) is 5.57. The third-order valence-corrected chi connectivity index (χ3v) is 4.78. The van der Waals surface area contributed by atoms with Crippen LogP contribution in [0, 0.1) is 0 Å². The molecule has 0 spiro atoms. The summed E-state index contributed by atoms with van der Waals surface area (Å²) in [6.45, 7) is 0. The highest BCUT2D eigenvalue weighted by Crippen LogP contribution is 2.60. The van der Waals surface area contributed by atoms with Crippen molar-refractivity contribution < 1.29 is 23.8 Å². The molecule has 2 aliphatic heterocycles. The molecule has 2 aliphatic rings. The number of ether oxygens (including phenoxy) is 3. The first-order valence-corrected chi connectivity index (χ1v) is 7.89. The molecule has 0 saturated carbocycles. The van der Waals surface area contributed by atoms with Crippen molar-refractivity contribution in [3.63, 3.8) is 0 Å². The van der Waals surface area contributed by atoms with Crippen LogP contribution in [0.2, 0.25) is 0 Å². The summed E-state index contributed by atoms with van der Waals surface area (Å²) in [4.78, 5) is 25.1. The molecule has 0 amide bonds. The van der Waals surface area contributed by atoms with Gasteiger partial charge in [-0.3, -0.25) is 0 Å². The zero-order chi connectivity index (χ0) is 17.6. The van der Waals surface area contributed by atoms with Crippen LogP contribution in [-0.4, -0.2) is 26.2 Å². The Balaban J connectivity index is 2.08. The van der Waals surface area contributed by atoms with Gasteiger partial charge in [0, 0.05) is 0 Å². The largest absolute Gasteiger partial charge is 0.466 e. The molecule has 2 aromatic rings. The Labute approximate surface area is 144 Å². The van der Waals surface area contributed by atoms with Gasteiger partial charge in [-0.25, -0.2) is 9.59 Å². The number of methoxy groups -OCH3 is 2. The molecular weight excluding hydrogens is 320 g/mol. The van der Waals surface area contributed by atoms with Crippen LogP contribution in [0.15, 0.2) is 65.7 Å². The van der Waals surface area contributed by atoms with Gasteiger partial charge in [0.15, 0.2) is 5.60 Å². The fourth-order valence-electron chi connectivity index (χ4n) is 3.79. The highest BCUT2D eigenvalue weighted by molar-refractivity contribution is 6.05. The normalized spacial score (nSPS) is 23.4. The lowest BCUT2D eigenvalue weighted by atomic mass is 9.74. The molecule has 126 valence electrons. The molecule has 2 atom stereocenters. The third-order valence-electron chi connectivity index (χ3n) is 4.78. The molecule has 5 heteroatoms. The average Bonchev–Trinajstić information content (AvgIpc) is 3.20. The number of hydrogen-bond acceptors (Lipinski definition) is 5. The Morgan fingerprint density at radius 2 is 1.56 bits per heavy atom. The number of esters is 2. The molecule has 0 aromatic heterocycles. The van der Waals surface area contributed by atoms with Gasteiger partial charge in [-0.2, -0.15) is 0 Å². The lowest BCUT2D eigenvalue weighted by Crippen LogP contribution is -2.33. The van der Waals surface area contributed by atoms with Gasteiger partial charge in [-0.05, 0) is 16.7 Å². The summed E-state index contributed by atoms with van der Waals surface area (Å²) < 4.78 is 16.2. The number of rotatable bonds is 3. The topological polar surface area (TPSA) is 61.8 Å². The Morgan fingerprint density at radius 3 is 2.24 bits per heavy atom. The van der Waals surface area contributed by atoms with Crippen LogP contribution in [0.4, 0.5) is 0 Å². The molecular formula is C20H16O5. The van der Waals surface area contributed by atoms with Crippen molar-refractivity contribution in [1.29, 1.82) is 0 Å². The van der Waals surface area contributed by atoms with E-state index in [0.717, 1.165) is 16.7 Å². The van der Waals surface area contributed by atoms with Gasteiger partial charge in [0.05, 0.1) is 25.4 Å². The van der Waals surface area contributed by atoms with Crippen LogP contribution in [0.25, 0.3) is 0 Å². The zero-order valence-corrected chi connectivity index (χ0v) is 13.8. The second-order valence-electron chi connectivity index (χ2n) is 5.90. The van der Waals surface area contributed by atoms with Crippen LogP contribution in [0.3, 0.4) is 0 Å². The summed E-state index contributed by atoms with van der Waals surface area (Å²) >= 11 is 0. The molecule has 2 aromatic carbocycles. The number of carbonyl (C=O) groups excluding carboxylic acids is 2. The highest BCUT2D eigenvalue weighted by Gasteiger charge is 2.61. The van der Waals surface area contributed by atoms with E-state index in [4.69, 9.17) is 14.2 Å². The first-order valence-electron chi connectivity index (χ1n) is 7.89. The van der Waals surface area contributed by atoms with E-state index in [0.29, 0.717) is 0 Å². The maximum Gasteiger partial charge on any atom is 0.338 e. The standard InChI is InChI=1S/C20H16O5/c1-23-18(21)15-16(19(22)24-2)20(12-8-4-3-5-9-12)14-11-7-6-10-13(14)17(15)25-20/h3-11,17H,1-2H3/t17-,20+/m1/s1. The molecule has 2 bridgehead atoms. The Morgan fingerprint density at radius 1 is 0.920 bits per heavy atom. The van der Waals surface area contributed by atoms with Gasteiger partial charge in [-0.15, -0.1) is 0 Å². The van der Waals surface area contributed by atoms with Gasteiger partial charge >= 0.3 is 11.9 Å². The number of hydrogen-bond donors (Lipinski definition) is 0. The molecule has 5 nitrogen and oxygen atoms in total. The first-order chi connectivity index (χ1) is 12.1. The van der Waals surface area contributed by atoms with Crippen molar-refractivity contribution >= 4 is 11.9 Å². The summed E-state index contributed by atoms with van der Waals surface area (Å²) in [5, 5.41) is 0. The Hall–Kier alpha value is -2.92. The number of benzene rings is 2. The van der Waals surface area contributed by atoms with Crippen molar-refractivity contribution in [2.45, 2.75) is 11.7 Å². The van der Waals surface area contributed by atoms with E-state index in [9.17, 15) is 9.59 Å². The van der Waals surface area contributed by atoms with Crippen molar-refractivity contribution in [1.82, 2.24) is 0 Å². The minimum Gasteiger partial charge on any atom is -0.466 e. The minimum atomic E-state index is -1.17. The zero-order valence-electron chi connectivity index (χ0n) is 13.8. The molecule has 0 N–H and O–H groups in total. The molecule has 4 rings (SSSR count). The van der Waals surface area contributed by atoms with E-state index in [2.05, 4.69) is 0 Å². The van der Waals surface area contributed by atoms with E-state index in [-0.39, 0.29) is 11.1 Å². The van der Waals surface area contributed by atoms with E-state index >= 15 is 0 Å². The van der Waals surface area contributed by atoms with Crippen LogP contribution in [0.1, 0.15) is 22.8 Å². The van der Waals surface area contributed by atoms with Crippen molar-refractivity contribution in [2.24, 2.45) is 0 Å². The molecule has 0 saturated heterocycles. The summed E-state index contributed by atoms with van der Waals surface area (Å²) in [7, 11) is 2.58. The summed E-state index contributed by atoms with van der Waals surface area (Å²) in [6, 6.07) is 17.0. The monoisotopic (exact) mass is 336 g/mol. The van der Waals surface area contributed by atoms with Crippen LogP contribution < -0.4 is 0 Å². The summed E-state index contributed by atoms with van der Waals surface area (Å²) in [5.74, 6) is -1.18. The quantitative estimate of drug-likeness (QED) is 0.807. The molecule has 0 radical (unpaired) electrons. The van der Waals surface area contributed by atoms with Crippen LogP contribution >= 0.6 is 0 Å². The van der Waals surface area contributed by atoms with Gasteiger partial charge < -0.3 is 14.2 Å². The van der Waals surface area contributed by atoms with E-state index < -0.39 is 23.6 Å². The van der Waals surface area contributed by atoms with E-state index in [1.807, 2.05) is 54.6 Å². The maximum absolute atomic E-state index is 12.7. The molecule has 0 aliphatic carbocycles. The van der Waals surface area contributed by atoms with Gasteiger partial charge in [0.1, 0.15) is 6.10 Å². The van der Waals surface area contributed by atoms with Crippen molar-refractivity contribution in [3.05, 3.63) is 82.4 Å². The predicted molar refractivity (Wildman–Crippen MR) is 88.5 cm³/mol. The predicted octanol–water partition coefficient (Wildman–Crippen LogP) is 2.66. The highest BCUT2D eigenvalue weighted by atomic mass is 16.6. The van der Waals surface area contributed by atoms with Gasteiger partial charge in [0.2, 0.25) is 0 Å². The molecule has 2 heterocycles. The molecule has 25 heavy (non-hydrogen) atoms. The third kappa shape index (κ3) is 1.93. The van der Waals surface area contributed by atoms with Gasteiger partial charge in [-0.1, -0.05) is 54.6 Å². The maximum atomic E-state index is 12.7. The second-order valence-corrected chi connectivity index (χ2v) is 5.90. The number of carbonyl (C=O) groups is 2. The first kappa shape index (κ1) is 15.6. The summed E-state index contributed by atoms with van der Waals surface area (Å²) in [5.41, 5.74) is 1.70. The van der Waals surface area contributed by atoms with E-state index in [1.54, 1.807) is 0 Å². The minimum absolute atomic E-state index is 0.191. The lowest BCUT2D eigenvalue weighted by Gasteiger charge is -2.29. The van der Waals surface area contributed by atoms with Crippen LogP contribution in [0.5, 0.6) is 0 Å². The van der Waals surface area contributed by atoms with Crippen molar-refractivity contribution in [2.75, 3.05) is 14.2 Å². The Kier molecular flexibility index (Phi) is 3.47. The summed E-state index contributed by atoms with van der Waals surface area (Å²) in [6.07, 6.45) is -0.655. The van der Waals surface area contributed by atoms with Gasteiger partial charge in [0.25, 0.3) is 0 Å².